The Bertz CT molecular complexity index is 431. The smallest absolute Gasteiger partial charge is 0.328 e. The Hall–Kier alpha value is -1.51. The third kappa shape index (κ3) is 3.09. The predicted octanol–water partition coefficient (Wildman–Crippen LogP) is 3.17. The van der Waals surface area contributed by atoms with E-state index in [9.17, 15) is 4.79 Å². The quantitative estimate of drug-likeness (QED) is 0.602. The maximum atomic E-state index is 12.0. The van der Waals surface area contributed by atoms with Crippen LogP contribution in [0.2, 0.25) is 0 Å². The van der Waals surface area contributed by atoms with E-state index in [1.165, 1.54) is 31.2 Å². The normalized spacial score (nSPS) is 18.0. The molecule has 104 valence electrons. The molecule has 0 amide bonds. The molecule has 3 nitrogen and oxygen atoms in total. The summed E-state index contributed by atoms with van der Waals surface area (Å²) in [5.74, 6) is -0.106. The van der Waals surface area contributed by atoms with Crippen molar-refractivity contribution in [2.75, 3.05) is 18.6 Å². The van der Waals surface area contributed by atoms with Crippen molar-refractivity contribution in [3.8, 4) is 0 Å². The fraction of sp³-hybridized carbons (Fsp3) is 0.562. The second-order valence-corrected chi connectivity index (χ2v) is 5.11. The second kappa shape index (κ2) is 6.60. The van der Waals surface area contributed by atoms with Crippen molar-refractivity contribution in [1.29, 1.82) is 0 Å². The van der Waals surface area contributed by atoms with E-state index < -0.39 is 0 Å². The van der Waals surface area contributed by atoms with E-state index in [0.717, 1.165) is 25.8 Å². The highest BCUT2D eigenvalue weighted by Gasteiger charge is 2.31. The molecule has 1 heterocycles. The number of rotatable bonds is 5. The molecule has 0 fully saturated rings. The average Bonchev–Trinajstić information content (AvgIpc) is 2.46. The highest BCUT2D eigenvalue weighted by atomic mass is 16.5. The van der Waals surface area contributed by atoms with E-state index in [0.29, 0.717) is 0 Å². The lowest BCUT2D eigenvalue weighted by Gasteiger charge is -2.37. The second-order valence-electron chi connectivity index (χ2n) is 5.11. The number of carbonyl (C=O) groups is 1. The maximum absolute atomic E-state index is 12.0. The molecule has 0 aliphatic carbocycles. The van der Waals surface area contributed by atoms with Gasteiger partial charge in [0.15, 0.2) is 0 Å². The monoisotopic (exact) mass is 261 g/mol. The number of anilines is 1. The molecule has 1 aliphatic heterocycles. The summed E-state index contributed by atoms with van der Waals surface area (Å²) in [5.41, 5.74) is 2.56. The van der Waals surface area contributed by atoms with Gasteiger partial charge in [-0.25, -0.2) is 4.79 Å². The van der Waals surface area contributed by atoms with E-state index in [-0.39, 0.29) is 12.0 Å². The molecule has 0 bridgehead atoms. The van der Waals surface area contributed by atoms with Gasteiger partial charge in [0.1, 0.15) is 6.04 Å². The van der Waals surface area contributed by atoms with Gasteiger partial charge >= 0.3 is 5.97 Å². The minimum absolute atomic E-state index is 0.106. The summed E-state index contributed by atoms with van der Waals surface area (Å²) in [5, 5.41) is 0. The number of carbonyl (C=O) groups excluding carboxylic acids is 1. The van der Waals surface area contributed by atoms with Crippen LogP contribution in [0, 0.1) is 0 Å². The van der Waals surface area contributed by atoms with Gasteiger partial charge < -0.3 is 9.64 Å². The summed E-state index contributed by atoms with van der Waals surface area (Å²) >= 11 is 0. The van der Waals surface area contributed by atoms with Crippen LogP contribution in [0.3, 0.4) is 0 Å². The largest absolute Gasteiger partial charge is 0.467 e. The van der Waals surface area contributed by atoms with Crippen LogP contribution < -0.4 is 4.90 Å². The van der Waals surface area contributed by atoms with Crippen LogP contribution in [-0.2, 0) is 16.0 Å². The van der Waals surface area contributed by atoms with Crippen molar-refractivity contribution in [1.82, 2.24) is 0 Å². The van der Waals surface area contributed by atoms with Crippen LogP contribution in [-0.4, -0.2) is 25.7 Å². The van der Waals surface area contributed by atoms with Crippen molar-refractivity contribution < 1.29 is 9.53 Å². The summed E-state index contributed by atoms with van der Waals surface area (Å²) in [6.45, 7) is 3.13. The highest BCUT2D eigenvalue weighted by molar-refractivity contribution is 5.81. The molecule has 0 N–H and O–H groups in total. The van der Waals surface area contributed by atoms with Crippen LogP contribution in [0.1, 0.15) is 38.2 Å². The standard InChI is InChI=1S/C16H23NO2/c1-3-4-7-12-17-14-9-6-5-8-13(14)10-11-15(17)16(18)19-2/h5-6,8-9,15H,3-4,7,10-12H2,1-2H3. The molecule has 1 aromatic carbocycles. The summed E-state index contributed by atoms with van der Waals surface area (Å²) in [6, 6.07) is 8.29. The number of para-hydroxylation sites is 1. The molecule has 1 atom stereocenters. The lowest BCUT2D eigenvalue weighted by Crippen LogP contribution is -2.45. The number of fused-ring (bicyclic) bond motifs is 1. The molecule has 1 aromatic rings. The Kier molecular flexibility index (Phi) is 4.83. The Balaban J connectivity index is 2.20. The zero-order valence-corrected chi connectivity index (χ0v) is 11.9. The van der Waals surface area contributed by atoms with Gasteiger partial charge in [0.2, 0.25) is 0 Å². The average molecular weight is 261 g/mol. The fourth-order valence-corrected chi connectivity index (χ4v) is 2.81. The SMILES string of the molecule is CCCCCN1c2ccccc2CCC1C(=O)OC. The number of aryl methyl sites for hydroxylation is 1. The van der Waals surface area contributed by atoms with Gasteiger partial charge in [-0.2, -0.15) is 0 Å². The first-order valence-corrected chi connectivity index (χ1v) is 7.20. The van der Waals surface area contributed by atoms with Gasteiger partial charge in [-0.05, 0) is 30.9 Å². The number of esters is 1. The zero-order valence-electron chi connectivity index (χ0n) is 11.9. The van der Waals surface area contributed by atoms with Gasteiger partial charge in [-0.3, -0.25) is 0 Å². The molecular formula is C16H23NO2. The molecule has 3 heteroatoms. The predicted molar refractivity (Wildman–Crippen MR) is 77.4 cm³/mol. The molecule has 0 spiro atoms. The van der Waals surface area contributed by atoms with E-state index in [2.05, 4.69) is 30.0 Å². The van der Waals surface area contributed by atoms with E-state index in [1.807, 2.05) is 6.07 Å². The lowest BCUT2D eigenvalue weighted by molar-refractivity contribution is -0.142. The van der Waals surface area contributed by atoms with Crippen molar-refractivity contribution >= 4 is 11.7 Å². The first-order valence-electron chi connectivity index (χ1n) is 7.20. The Morgan fingerprint density at radius 2 is 2.16 bits per heavy atom. The summed E-state index contributed by atoms with van der Waals surface area (Å²) < 4.78 is 4.96. The minimum atomic E-state index is -0.114. The Labute approximate surface area is 115 Å². The number of methoxy groups -OCH3 is 1. The van der Waals surface area contributed by atoms with E-state index in [4.69, 9.17) is 4.74 Å². The van der Waals surface area contributed by atoms with Crippen molar-refractivity contribution in [3.63, 3.8) is 0 Å². The molecule has 2 rings (SSSR count). The summed E-state index contributed by atoms with van der Waals surface area (Å²) in [6.07, 6.45) is 5.33. The Morgan fingerprint density at radius 3 is 2.89 bits per heavy atom. The van der Waals surface area contributed by atoms with Crippen molar-refractivity contribution in [2.24, 2.45) is 0 Å². The van der Waals surface area contributed by atoms with Gasteiger partial charge in [0, 0.05) is 12.2 Å². The van der Waals surface area contributed by atoms with Crippen molar-refractivity contribution in [3.05, 3.63) is 29.8 Å². The third-order valence-corrected chi connectivity index (χ3v) is 3.84. The van der Waals surface area contributed by atoms with Crippen molar-refractivity contribution in [2.45, 2.75) is 45.1 Å². The number of hydrogen-bond donors (Lipinski definition) is 0. The van der Waals surface area contributed by atoms with Crippen LogP contribution in [0.25, 0.3) is 0 Å². The van der Waals surface area contributed by atoms with Gasteiger partial charge in [-0.15, -0.1) is 0 Å². The Morgan fingerprint density at radius 1 is 1.37 bits per heavy atom. The molecule has 1 unspecified atom stereocenters. The first-order chi connectivity index (χ1) is 9.27. The summed E-state index contributed by atoms with van der Waals surface area (Å²) in [7, 11) is 1.48. The molecule has 0 aromatic heterocycles. The van der Waals surface area contributed by atoms with E-state index >= 15 is 0 Å². The third-order valence-electron chi connectivity index (χ3n) is 3.84. The molecule has 0 saturated carbocycles. The van der Waals surface area contributed by atoms with Crippen LogP contribution in [0.4, 0.5) is 5.69 Å². The minimum Gasteiger partial charge on any atom is -0.467 e. The van der Waals surface area contributed by atoms with Crippen LogP contribution >= 0.6 is 0 Å². The number of ether oxygens (including phenoxy) is 1. The van der Waals surface area contributed by atoms with Crippen LogP contribution in [0.15, 0.2) is 24.3 Å². The van der Waals surface area contributed by atoms with Gasteiger partial charge in [0.05, 0.1) is 7.11 Å². The van der Waals surface area contributed by atoms with E-state index in [1.54, 1.807) is 0 Å². The molecule has 1 aliphatic rings. The van der Waals surface area contributed by atoms with Gasteiger partial charge in [0.25, 0.3) is 0 Å². The molecule has 0 radical (unpaired) electrons. The summed E-state index contributed by atoms with van der Waals surface area (Å²) in [4.78, 5) is 14.2. The zero-order chi connectivity index (χ0) is 13.7. The maximum Gasteiger partial charge on any atom is 0.328 e. The molecule has 0 saturated heterocycles. The molecular weight excluding hydrogens is 238 g/mol. The number of hydrogen-bond acceptors (Lipinski definition) is 3. The fourth-order valence-electron chi connectivity index (χ4n) is 2.81. The highest BCUT2D eigenvalue weighted by Crippen LogP contribution is 2.31. The van der Waals surface area contributed by atoms with Gasteiger partial charge in [-0.1, -0.05) is 38.0 Å². The number of unbranched alkanes of at least 4 members (excludes halogenated alkanes) is 2. The first kappa shape index (κ1) is 13.9. The van der Waals surface area contributed by atoms with Crippen LogP contribution in [0.5, 0.6) is 0 Å². The number of benzene rings is 1. The molecule has 19 heavy (non-hydrogen) atoms. The lowest BCUT2D eigenvalue weighted by atomic mass is 9.95. The topological polar surface area (TPSA) is 29.5 Å². The number of nitrogens with zero attached hydrogens (tertiary/aromatic N) is 1.